The lowest BCUT2D eigenvalue weighted by molar-refractivity contribution is 0.528. The number of rotatable bonds is 2. The van der Waals surface area contributed by atoms with Crippen LogP contribution < -0.4 is 5.73 Å². The van der Waals surface area contributed by atoms with Gasteiger partial charge in [0.25, 0.3) is 0 Å². The van der Waals surface area contributed by atoms with Crippen LogP contribution in [0.15, 0.2) is 18.2 Å². The molecule has 0 radical (unpaired) electrons. The van der Waals surface area contributed by atoms with E-state index in [0.29, 0.717) is 6.04 Å². The molecule has 0 aliphatic heterocycles. The van der Waals surface area contributed by atoms with Gasteiger partial charge >= 0.3 is 0 Å². The molecule has 106 valence electrons. The summed E-state index contributed by atoms with van der Waals surface area (Å²) < 4.78 is 0. The molecule has 1 aliphatic rings. The van der Waals surface area contributed by atoms with Gasteiger partial charge in [0, 0.05) is 6.04 Å². The number of aryl methyl sites for hydroxylation is 1. The second kappa shape index (κ2) is 7.09. The first kappa shape index (κ1) is 14.6. The highest BCUT2D eigenvalue weighted by atomic mass is 14.6. The lowest BCUT2D eigenvalue weighted by atomic mass is 9.89. The first-order valence-electron chi connectivity index (χ1n) is 8.01. The maximum atomic E-state index is 6.29. The Hall–Kier alpha value is -0.820. The number of fused-ring (bicyclic) bond motifs is 1. The van der Waals surface area contributed by atoms with Crippen molar-refractivity contribution in [1.29, 1.82) is 0 Å². The highest BCUT2D eigenvalue weighted by Crippen LogP contribution is 2.21. The van der Waals surface area contributed by atoms with Crippen LogP contribution in [0.4, 0.5) is 0 Å². The van der Waals surface area contributed by atoms with E-state index in [2.05, 4.69) is 32.0 Å². The second-order valence-electron chi connectivity index (χ2n) is 6.62. The average molecular weight is 259 g/mol. The van der Waals surface area contributed by atoms with Crippen molar-refractivity contribution in [3.8, 4) is 0 Å². The zero-order valence-corrected chi connectivity index (χ0v) is 12.6. The molecule has 1 aromatic rings. The van der Waals surface area contributed by atoms with Crippen LogP contribution in [-0.4, -0.2) is 6.04 Å². The van der Waals surface area contributed by atoms with Gasteiger partial charge in [0.15, 0.2) is 0 Å². The number of benzene rings is 1. The summed E-state index contributed by atoms with van der Waals surface area (Å²) in [5.41, 5.74) is 10.8. The molecule has 1 heteroatoms. The van der Waals surface area contributed by atoms with E-state index in [0.717, 1.165) is 12.3 Å². The van der Waals surface area contributed by atoms with Gasteiger partial charge in [-0.2, -0.15) is 0 Å². The Morgan fingerprint density at radius 2 is 1.89 bits per heavy atom. The summed E-state index contributed by atoms with van der Waals surface area (Å²) in [6, 6.07) is 7.47. The topological polar surface area (TPSA) is 26.0 Å². The Morgan fingerprint density at radius 3 is 2.68 bits per heavy atom. The lowest BCUT2D eigenvalue weighted by Crippen LogP contribution is -2.23. The van der Waals surface area contributed by atoms with Gasteiger partial charge in [-0.15, -0.1) is 0 Å². The molecule has 0 saturated heterocycles. The molecule has 19 heavy (non-hydrogen) atoms. The third kappa shape index (κ3) is 4.65. The van der Waals surface area contributed by atoms with Crippen molar-refractivity contribution in [3.05, 3.63) is 34.9 Å². The number of hydrogen-bond donors (Lipinski definition) is 1. The van der Waals surface area contributed by atoms with Crippen molar-refractivity contribution in [2.24, 2.45) is 11.7 Å². The van der Waals surface area contributed by atoms with Crippen LogP contribution in [0.2, 0.25) is 0 Å². The summed E-state index contributed by atoms with van der Waals surface area (Å²) in [6.07, 6.45) is 10.0. The first-order chi connectivity index (χ1) is 9.15. The Kier molecular flexibility index (Phi) is 5.45. The minimum absolute atomic E-state index is 0.353. The summed E-state index contributed by atoms with van der Waals surface area (Å²) in [7, 11) is 0. The van der Waals surface area contributed by atoms with Gasteiger partial charge in [-0.1, -0.05) is 51.3 Å². The molecule has 0 amide bonds. The van der Waals surface area contributed by atoms with Gasteiger partial charge < -0.3 is 5.73 Å². The van der Waals surface area contributed by atoms with Crippen LogP contribution >= 0.6 is 0 Å². The predicted molar refractivity (Wildman–Crippen MR) is 83.5 cm³/mol. The van der Waals surface area contributed by atoms with Crippen LogP contribution in [-0.2, 0) is 19.3 Å². The molecular weight excluding hydrogens is 230 g/mol. The first-order valence-corrected chi connectivity index (χ1v) is 8.01. The smallest absolute Gasteiger partial charge is 0.00794 e. The lowest BCUT2D eigenvalue weighted by Gasteiger charge is -2.18. The molecule has 1 aromatic carbocycles. The quantitative estimate of drug-likeness (QED) is 0.843. The normalized spacial score (nSPS) is 21.2. The fourth-order valence-electron chi connectivity index (χ4n) is 3.17. The van der Waals surface area contributed by atoms with Crippen LogP contribution in [0, 0.1) is 5.92 Å². The molecule has 0 fully saturated rings. The molecule has 1 unspecified atom stereocenters. The SMILES string of the molecule is CC(C)Cc1ccc2c(c1)CC(N)CCCCCC2. The minimum Gasteiger partial charge on any atom is -0.327 e. The molecule has 2 N–H and O–H groups in total. The molecule has 0 heterocycles. The maximum absolute atomic E-state index is 6.29. The van der Waals surface area contributed by atoms with E-state index in [9.17, 15) is 0 Å². The van der Waals surface area contributed by atoms with E-state index < -0.39 is 0 Å². The molecular formula is C18H29N. The summed E-state index contributed by atoms with van der Waals surface area (Å²) in [6.45, 7) is 4.58. The molecule has 0 bridgehead atoms. The van der Waals surface area contributed by atoms with E-state index in [1.54, 1.807) is 5.56 Å². The van der Waals surface area contributed by atoms with Crippen molar-refractivity contribution in [1.82, 2.24) is 0 Å². The van der Waals surface area contributed by atoms with Crippen LogP contribution in [0.3, 0.4) is 0 Å². The van der Waals surface area contributed by atoms with Gasteiger partial charge in [0.05, 0.1) is 0 Å². The van der Waals surface area contributed by atoms with Crippen molar-refractivity contribution in [2.75, 3.05) is 0 Å². The summed E-state index contributed by atoms with van der Waals surface area (Å²) in [5.74, 6) is 0.728. The summed E-state index contributed by atoms with van der Waals surface area (Å²) >= 11 is 0. The largest absolute Gasteiger partial charge is 0.327 e. The summed E-state index contributed by atoms with van der Waals surface area (Å²) in [5, 5.41) is 0. The van der Waals surface area contributed by atoms with Crippen LogP contribution in [0.1, 0.15) is 62.6 Å². The highest BCUT2D eigenvalue weighted by molar-refractivity contribution is 5.33. The van der Waals surface area contributed by atoms with E-state index in [4.69, 9.17) is 5.73 Å². The van der Waals surface area contributed by atoms with Crippen molar-refractivity contribution < 1.29 is 0 Å². The van der Waals surface area contributed by atoms with Gasteiger partial charge in [0.2, 0.25) is 0 Å². The molecule has 1 atom stereocenters. The Labute approximate surface area is 118 Å². The molecule has 0 spiro atoms. The third-order valence-electron chi connectivity index (χ3n) is 4.17. The fraction of sp³-hybridized carbons (Fsp3) is 0.667. The van der Waals surface area contributed by atoms with E-state index >= 15 is 0 Å². The van der Waals surface area contributed by atoms with E-state index in [1.807, 2.05) is 0 Å². The molecule has 0 saturated carbocycles. The zero-order chi connectivity index (χ0) is 13.7. The number of nitrogens with two attached hydrogens (primary N) is 1. The van der Waals surface area contributed by atoms with Crippen molar-refractivity contribution >= 4 is 0 Å². The minimum atomic E-state index is 0.353. The predicted octanol–water partition coefficient (Wildman–Crippen LogP) is 4.26. The number of hydrogen-bond acceptors (Lipinski definition) is 1. The Bertz CT molecular complexity index is 395. The monoisotopic (exact) mass is 259 g/mol. The third-order valence-corrected chi connectivity index (χ3v) is 4.17. The van der Waals surface area contributed by atoms with Gasteiger partial charge in [-0.3, -0.25) is 0 Å². The highest BCUT2D eigenvalue weighted by Gasteiger charge is 2.11. The Balaban J connectivity index is 2.18. The average Bonchev–Trinajstić information content (AvgIpc) is 2.35. The van der Waals surface area contributed by atoms with Crippen LogP contribution in [0.25, 0.3) is 0 Å². The fourth-order valence-corrected chi connectivity index (χ4v) is 3.17. The van der Waals surface area contributed by atoms with E-state index in [1.165, 1.54) is 56.1 Å². The molecule has 1 aliphatic carbocycles. The standard InChI is InChI=1S/C18H29N/c1-14(2)11-15-9-10-16-7-5-3-4-6-8-18(19)13-17(16)12-15/h9-10,12,14,18H,3-8,11,13,19H2,1-2H3. The zero-order valence-electron chi connectivity index (χ0n) is 12.6. The van der Waals surface area contributed by atoms with Crippen LogP contribution in [0.5, 0.6) is 0 Å². The van der Waals surface area contributed by atoms with Gasteiger partial charge in [-0.05, 0) is 54.7 Å². The van der Waals surface area contributed by atoms with Gasteiger partial charge in [-0.25, -0.2) is 0 Å². The summed E-state index contributed by atoms with van der Waals surface area (Å²) in [4.78, 5) is 0. The Morgan fingerprint density at radius 1 is 1.11 bits per heavy atom. The van der Waals surface area contributed by atoms with E-state index in [-0.39, 0.29) is 0 Å². The van der Waals surface area contributed by atoms with Crippen molar-refractivity contribution in [3.63, 3.8) is 0 Å². The molecule has 1 nitrogen and oxygen atoms in total. The van der Waals surface area contributed by atoms with Crippen molar-refractivity contribution in [2.45, 2.75) is 71.3 Å². The molecule has 0 aromatic heterocycles. The molecule has 2 rings (SSSR count). The maximum Gasteiger partial charge on any atom is 0.00794 e. The van der Waals surface area contributed by atoms with Gasteiger partial charge in [0.1, 0.15) is 0 Å². The second-order valence-corrected chi connectivity index (χ2v) is 6.62.